The number of nitrogens with zero attached hydrogens (tertiary/aromatic N) is 5. The maximum atomic E-state index is 7.01. The van der Waals surface area contributed by atoms with E-state index in [1.165, 1.54) is 38.2 Å². The molecular formula is C58H37N5O. The van der Waals surface area contributed by atoms with Gasteiger partial charge < -0.3 is 13.6 Å². The molecule has 6 heteroatoms. The Bertz CT molecular complexity index is 3890. The fraction of sp³-hybridized carbons (Fsp3) is 0.0172. The molecule has 6 nitrogen and oxygen atoms in total. The zero-order valence-electron chi connectivity index (χ0n) is 34.8. The largest absolute Gasteiger partial charge is 0.455 e. The van der Waals surface area contributed by atoms with E-state index in [1.54, 1.807) is 0 Å². The van der Waals surface area contributed by atoms with Crippen molar-refractivity contribution in [3.8, 4) is 56.7 Å². The van der Waals surface area contributed by atoms with E-state index in [4.69, 9.17) is 19.4 Å². The smallest absolute Gasteiger partial charge is 0.168 e. The maximum absolute atomic E-state index is 7.01. The van der Waals surface area contributed by atoms with Gasteiger partial charge in [-0.05, 0) is 78.2 Å². The number of para-hydroxylation sites is 3. The van der Waals surface area contributed by atoms with Crippen molar-refractivity contribution in [2.75, 3.05) is 0 Å². The van der Waals surface area contributed by atoms with Crippen LogP contribution in [0.5, 0.6) is 0 Å². The lowest BCUT2D eigenvalue weighted by Gasteiger charge is -2.15. The van der Waals surface area contributed by atoms with Crippen LogP contribution in [-0.4, -0.2) is 24.1 Å². The highest BCUT2D eigenvalue weighted by Crippen LogP contribution is 2.47. The first-order chi connectivity index (χ1) is 31.7. The minimum atomic E-state index is 0.561. The summed E-state index contributed by atoms with van der Waals surface area (Å²) in [5, 5.41) is 6.83. The summed E-state index contributed by atoms with van der Waals surface area (Å²) in [5.41, 5.74) is 14.2. The molecule has 64 heavy (non-hydrogen) atoms. The van der Waals surface area contributed by atoms with E-state index in [2.05, 4.69) is 156 Å². The molecule has 0 aliphatic rings. The van der Waals surface area contributed by atoms with E-state index in [-0.39, 0.29) is 0 Å². The number of fused-ring (bicyclic) bond motifs is 10. The first-order valence-electron chi connectivity index (χ1n) is 21.6. The van der Waals surface area contributed by atoms with Crippen LogP contribution in [0.2, 0.25) is 0 Å². The summed E-state index contributed by atoms with van der Waals surface area (Å²) < 4.78 is 11.9. The van der Waals surface area contributed by atoms with E-state index in [0.717, 1.165) is 72.1 Å². The van der Waals surface area contributed by atoms with Gasteiger partial charge in [0.2, 0.25) is 0 Å². The van der Waals surface area contributed by atoms with Crippen LogP contribution in [0.15, 0.2) is 211 Å². The average molecular weight is 820 g/mol. The first-order valence-corrected chi connectivity index (χ1v) is 21.6. The Balaban J connectivity index is 1.15. The third-order valence-electron chi connectivity index (χ3n) is 12.7. The van der Waals surface area contributed by atoms with E-state index in [0.29, 0.717) is 17.5 Å². The highest BCUT2D eigenvalue weighted by Gasteiger charge is 2.27. The van der Waals surface area contributed by atoms with Gasteiger partial charge in [-0.15, -0.1) is 0 Å². The van der Waals surface area contributed by atoms with Gasteiger partial charge in [-0.3, -0.25) is 0 Å². The third kappa shape index (κ3) is 5.49. The molecule has 0 aliphatic heterocycles. The molecule has 0 bridgehead atoms. The van der Waals surface area contributed by atoms with Gasteiger partial charge in [0, 0.05) is 43.7 Å². The third-order valence-corrected chi connectivity index (χ3v) is 12.7. The van der Waals surface area contributed by atoms with Crippen molar-refractivity contribution >= 4 is 65.6 Å². The van der Waals surface area contributed by atoms with E-state index < -0.39 is 0 Å². The van der Waals surface area contributed by atoms with Crippen molar-refractivity contribution < 1.29 is 4.42 Å². The molecule has 13 aromatic rings. The predicted octanol–water partition coefficient (Wildman–Crippen LogP) is 14.9. The molecular weight excluding hydrogens is 783 g/mol. The van der Waals surface area contributed by atoms with E-state index in [1.807, 2.05) is 66.7 Å². The molecule has 0 N–H and O–H groups in total. The summed E-state index contributed by atoms with van der Waals surface area (Å²) >= 11 is 0. The van der Waals surface area contributed by atoms with Crippen molar-refractivity contribution in [2.45, 2.75) is 6.92 Å². The van der Waals surface area contributed by atoms with Gasteiger partial charge in [0.15, 0.2) is 17.5 Å². The molecule has 4 aromatic heterocycles. The number of furan rings is 1. The molecule has 0 unspecified atom stereocenters. The second-order valence-corrected chi connectivity index (χ2v) is 16.4. The van der Waals surface area contributed by atoms with Crippen molar-refractivity contribution in [1.29, 1.82) is 0 Å². The van der Waals surface area contributed by atoms with Crippen molar-refractivity contribution in [1.82, 2.24) is 24.1 Å². The number of benzene rings is 9. The zero-order valence-corrected chi connectivity index (χ0v) is 34.8. The van der Waals surface area contributed by atoms with E-state index >= 15 is 0 Å². The lowest BCUT2D eigenvalue weighted by molar-refractivity contribution is 0.669. The summed E-state index contributed by atoms with van der Waals surface area (Å²) in [6.45, 7) is 2.15. The summed E-state index contributed by atoms with van der Waals surface area (Å²) in [7, 11) is 0. The van der Waals surface area contributed by atoms with Crippen LogP contribution < -0.4 is 0 Å². The number of hydrogen-bond acceptors (Lipinski definition) is 4. The SMILES string of the molecule is Cc1cc(-n2c3ccc(-c4ccccc4)cc3c3c4c5ccccc5n(-c5ccccc5)c4ccc32)c2c(oc3ccccc32)c1-c1nc(-c2ccccc2)nc(-c2ccccc2)n1. The summed E-state index contributed by atoms with van der Waals surface area (Å²) in [4.78, 5) is 15.4. The highest BCUT2D eigenvalue weighted by atomic mass is 16.3. The molecule has 13 rings (SSSR count). The standard InChI is InChI=1S/C58H37N5O/c1-36-34-49(54-43-27-15-17-29-50(43)64-55(54)51(36)58-60-56(38-20-8-3-9-21-38)59-57(61-58)39-22-10-4-11-23-39)63-46-31-30-40(37-18-6-2-7-19-37)35-44(46)53-48(63)33-32-47-52(53)42-26-14-16-28-45(42)62(47)41-24-12-5-13-25-41/h2-35H,1H3. The average Bonchev–Trinajstić information content (AvgIpc) is 4.02. The van der Waals surface area contributed by atoms with Gasteiger partial charge >= 0.3 is 0 Å². The topological polar surface area (TPSA) is 61.7 Å². The fourth-order valence-corrected chi connectivity index (χ4v) is 9.87. The van der Waals surface area contributed by atoms with Crippen molar-refractivity contribution in [3.05, 3.63) is 212 Å². The molecule has 4 heterocycles. The normalized spacial score (nSPS) is 11.8. The van der Waals surface area contributed by atoms with Gasteiger partial charge in [0.25, 0.3) is 0 Å². The molecule has 9 aromatic carbocycles. The Labute approximate surface area is 368 Å². The number of rotatable bonds is 6. The van der Waals surface area contributed by atoms with Gasteiger partial charge in [-0.25, -0.2) is 15.0 Å². The molecule has 0 amide bonds. The van der Waals surface area contributed by atoms with Crippen LogP contribution in [0.25, 0.3) is 122 Å². The van der Waals surface area contributed by atoms with Crippen LogP contribution >= 0.6 is 0 Å². The molecule has 0 atom stereocenters. The number of aryl methyl sites for hydroxylation is 1. The quantitative estimate of drug-likeness (QED) is 0.168. The second kappa shape index (κ2) is 14.2. The summed E-state index contributed by atoms with van der Waals surface area (Å²) in [6, 6.07) is 72.5. The van der Waals surface area contributed by atoms with Crippen molar-refractivity contribution in [3.63, 3.8) is 0 Å². The first kappa shape index (κ1) is 36.1. The fourth-order valence-electron chi connectivity index (χ4n) is 9.87. The number of hydrogen-bond donors (Lipinski definition) is 0. The Morgan fingerprint density at radius 3 is 1.58 bits per heavy atom. The Kier molecular flexibility index (Phi) is 8.02. The van der Waals surface area contributed by atoms with Gasteiger partial charge in [-0.2, -0.15) is 0 Å². The van der Waals surface area contributed by atoms with Gasteiger partial charge in [0.05, 0.1) is 38.7 Å². The predicted molar refractivity (Wildman–Crippen MR) is 262 cm³/mol. The molecule has 0 fully saturated rings. The van der Waals surface area contributed by atoms with Crippen LogP contribution in [0.1, 0.15) is 5.56 Å². The maximum Gasteiger partial charge on any atom is 0.168 e. The van der Waals surface area contributed by atoms with Gasteiger partial charge in [-0.1, -0.05) is 152 Å². The minimum Gasteiger partial charge on any atom is -0.455 e. The minimum absolute atomic E-state index is 0.561. The van der Waals surface area contributed by atoms with E-state index in [9.17, 15) is 0 Å². The second-order valence-electron chi connectivity index (χ2n) is 16.4. The Morgan fingerprint density at radius 2 is 0.891 bits per heavy atom. The Hall–Kier alpha value is -8.61. The zero-order chi connectivity index (χ0) is 42.3. The molecule has 0 radical (unpaired) electrons. The molecule has 0 saturated heterocycles. The monoisotopic (exact) mass is 819 g/mol. The molecule has 0 saturated carbocycles. The highest BCUT2D eigenvalue weighted by molar-refractivity contribution is 6.30. The lowest BCUT2D eigenvalue weighted by Crippen LogP contribution is -2.03. The molecule has 300 valence electrons. The van der Waals surface area contributed by atoms with Crippen LogP contribution in [0.3, 0.4) is 0 Å². The van der Waals surface area contributed by atoms with Crippen LogP contribution in [0.4, 0.5) is 0 Å². The summed E-state index contributed by atoms with van der Waals surface area (Å²) in [6.07, 6.45) is 0. The Morgan fingerprint density at radius 1 is 0.375 bits per heavy atom. The summed E-state index contributed by atoms with van der Waals surface area (Å²) in [5.74, 6) is 1.77. The van der Waals surface area contributed by atoms with Gasteiger partial charge in [0.1, 0.15) is 11.2 Å². The van der Waals surface area contributed by atoms with Crippen LogP contribution in [-0.2, 0) is 0 Å². The molecule has 0 spiro atoms. The van der Waals surface area contributed by atoms with Crippen molar-refractivity contribution in [2.24, 2.45) is 0 Å². The lowest BCUT2D eigenvalue weighted by atomic mass is 10.0. The van der Waals surface area contributed by atoms with Crippen LogP contribution in [0, 0.1) is 6.92 Å². The number of aromatic nitrogens is 5. The molecule has 0 aliphatic carbocycles.